The first-order valence-electron chi connectivity index (χ1n) is 4.38. The van der Waals surface area contributed by atoms with Crippen molar-refractivity contribution in [1.82, 2.24) is 0 Å². The highest BCUT2D eigenvalue weighted by atomic mass is 19.4. The Bertz CT molecular complexity index is 323. The maximum absolute atomic E-state index is 12.3. The molecule has 0 saturated heterocycles. The molecule has 0 bridgehead atoms. The number of benzene rings is 1. The Morgan fingerprint density at radius 3 is 2.47 bits per heavy atom. The molecule has 5 heteroatoms. The summed E-state index contributed by atoms with van der Waals surface area (Å²) in [6.45, 7) is -0.462. The summed E-state index contributed by atoms with van der Waals surface area (Å²) in [6.07, 6.45) is -5.38. The van der Waals surface area contributed by atoms with Gasteiger partial charge in [-0.1, -0.05) is 18.2 Å². The van der Waals surface area contributed by atoms with Gasteiger partial charge in [-0.15, -0.1) is 0 Å². The summed E-state index contributed by atoms with van der Waals surface area (Å²) in [6, 6.07) is 4.70. The molecule has 1 aromatic rings. The van der Waals surface area contributed by atoms with Crippen molar-refractivity contribution in [2.24, 2.45) is 0 Å². The Morgan fingerprint density at radius 1 is 1.27 bits per heavy atom. The lowest BCUT2D eigenvalue weighted by Crippen LogP contribution is -2.15. The molecule has 0 aromatic heterocycles. The summed E-state index contributed by atoms with van der Waals surface area (Å²) in [5.74, 6) is 0. The predicted octanol–water partition coefficient (Wildman–Crippen LogP) is 1.60. The molecule has 0 aliphatic rings. The minimum Gasteiger partial charge on any atom is -0.394 e. The molecular weight excluding hydrogens is 209 g/mol. The number of aliphatic hydroxyl groups is 2. The van der Waals surface area contributed by atoms with Gasteiger partial charge in [-0.05, 0) is 11.6 Å². The maximum Gasteiger partial charge on any atom is 0.416 e. The van der Waals surface area contributed by atoms with Crippen LogP contribution in [0.2, 0.25) is 0 Å². The van der Waals surface area contributed by atoms with Crippen molar-refractivity contribution in [3.8, 4) is 0 Å². The highest BCUT2D eigenvalue weighted by molar-refractivity contribution is 5.26. The molecule has 1 rings (SSSR count). The highest BCUT2D eigenvalue weighted by Crippen LogP contribution is 2.29. The van der Waals surface area contributed by atoms with E-state index >= 15 is 0 Å². The lowest BCUT2D eigenvalue weighted by molar-refractivity contribution is -0.137. The number of hydrogen-bond donors (Lipinski definition) is 2. The van der Waals surface area contributed by atoms with Gasteiger partial charge in [0.25, 0.3) is 0 Å². The Hall–Kier alpha value is -1.07. The van der Waals surface area contributed by atoms with Crippen LogP contribution in [0.3, 0.4) is 0 Å². The van der Waals surface area contributed by atoms with E-state index in [2.05, 4.69) is 0 Å². The predicted molar refractivity (Wildman–Crippen MR) is 48.2 cm³/mol. The van der Waals surface area contributed by atoms with Crippen LogP contribution in [0, 0.1) is 0 Å². The molecule has 1 aromatic carbocycles. The standard InChI is InChI=1S/C10H11F3O2/c11-10(12,13)8-3-1-2-7(4-8)5-9(15)6-14/h1-4,9,14-15H,5-6H2. The molecule has 0 spiro atoms. The van der Waals surface area contributed by atoms with Crippen LogP contribution in [0.4, 0.5) is 13.2 Å². The second kappa shape index (κ2) is 4.63. The average Bonchev–Trinajstić information content (AvgIpc) is 2.17. The highest BCUT2D eigenvalue weighted by Gasteiger charge is 2.30. The summed E-state index contributed by atoms with van der Waals surface area (Å²) < 4.78 is 36.8. The number of halogens is 3. The van der Waals surface area contributed by atoms with E-state index in [9.17, 15) is 13.2 Å². The van der Waals surface area contributed by atoms with Crippen LogP contribution in [0.1, 0.15) is 11.1 Å². The van der Waals surface area contributed by atoms with E-state index in [1.807, 2.05) is 0 Å². The second-order valence-corrected chi connectivity index (χ2v) is 3.24. The third kappa shape index (κ3) is 3.53. The van der Waals surface area contributed by atoms with Crippen molar-refractivity contribution in [3.05, 3.63) is 35.4 Å². The molecule has 0 amide bonds. The van der Waals surface area contributed by atoms with Crippen molar-refractivity contribution >= 4 is 0 Å². The topological polar surface area (TPSA) is 40.5 Å². The normalized spacial score (nSPS) is 13.9. The van der Waals surface area contributed by atoms with Crippen molar-refractivity contribution in [2.45, 2.75) is 18.7 Å². The summed E-state index contributed by atoms with van der Waals surface area (Å²) in [5, 5.41) is 17.6. The van der Waals surface area contributed by atoms with E-state index in [1.54, 1.807) is 0 Å². The van der Waals surface area contributed by atoms with E-state index in [-0.39, 0.29) is 6.42 Å². The van der Waals surface area contributed by atoms with E-state index in [1.165, 1.54) is 12.1 Å². The molecule has 2 nitrogen and oxygen atoms in total. The van der Waals surface area contributed by atoms with Crippen LogP contribution >= 0.6 is 0 Å². The molecule has 1 atom stereocenters. The van der Waals surface area contributed by atoms with Gasteiger partial charge in [-0.25, -0.2) is 0 Å². The lowest BCUT2D eigenvalue weighted by Gasteiger charge is -2.10. The van der Waals surface area contributed by atoms with Crippen LogP contribution in [-0.4, -0.2) is 22.9 Å². The zero-order valence-electron chi connectivity index (χ0n) is 7.83. The first-order valence-corrected chi connectivity index (χ1v) is 4.38. The zero-order valence-corrected chi connectivity index (χ0v) is 7.83. The summed E-state index contributed by atoms with van der Waals surface area (Å²) in [7, 11) is 0. The van der Waals surface area contributed by atoms with Gasteiger partial charge in [0.15, 0.2) is 0 Å². The van der Waals surface area contributed by atoms with Gasteiger partial charge >= 0.3 is 6.18 Å². The van der Waals surface area contributed by atoms with Crippen LogP contribution in [0.25, 0.3) is 0 Å². The first-order chi connectivity index (χ1) is 6.93. The molecule has 0 radical (unpaired) electrons. The van der Waals surface area contributed by atoms with Gasteiger partial charge in [0.05, 0.1) is 18.3 Å². The van der Waals surface area contributed by atoms with Crippen LogP contribution < -0.4 is 0 Å². The van der Waals surface area contributed by atoms with Gasteiger partial charge < -0.3 is 10.2 Å². The fourth-order valence-corrected chi connectivity index (χ4v) is 1.21. The minimum absolute atomic E-state index is 0.0143. The van der Waals surface area contributed by atoms with E-state index < -0.39 is 24.5 Å². The second-order valence-electron chi connectivity index (χ2n) is 3.24. The van der Waals surface area contributed by atoms with Crippen LogP contribution in [0.15, 0.2) is 24.3 Å². The maximum atomic E-state index is 12.3. The number of rotatable bonds is 3. The molecule has 0 aliphatic heterocycles. The van der Waals surface area contributed by atoms with E-state index in [0.29, 0.717) is 5.56 Å². The van der Waals surface area contributed by atoms with Gasteiger partial charge in [-0.3, -0.25) is 0 Å². The smallest absolute Gasteiger partial charge is 0.394 e. The fourth-order valence-electron chi connectivity index (χ4n) is 1.21. The molecule has 15 heavy (non-hydrogen) atoms. The van der Waals surface area contributed by atoms with Gasteiger partial charge in [0.2, 0.25) is 0 Å². The largest absolute Gasteiger partial charge is 0.416 e. The summed E-state index contributed by atoms with van der Waals surface area (Å²) >= 11 is 0. The summed E-state index contributed by atoms with van der Waals surface area (Å²) in [5.41, 5.74) is -0.392. The Kier molecular flexibility index (Phi) is 3.71. The molecule has 0 heterocycles. The third-order valence-electron chi connectivity index (χ3n) is 1.94. The van der Waals surface area contributed by atoms with Gasteiger partial charge in [0, 0.05) is 6.42 Å². The van der Waals surface area contributed by atoms with E-state index in [0.717, 1.165) is 12.1 Å². The molecule has 1 unspecified atom stereocenters. The van der Waals surface area contributed by atoms with E-state index in [4.69, 9.17) is 10.2 Å². The molecule has 2 N–H and O–H groups in total. The number of hydrogen-bond acceptors (Lipinski definition) is 2. The van der Waals surface area contributed by atoms with Crippen molar-refractivity contribution in [3.63, 3.8) is 0 Å². The van der Waals surface area contributed by atoms with Crippen molar-refractivity contribution < 1.29 is 23.4 Å². The van der Waals surface area contributed by atoms with Gasteiger partial charge in [0.1, 0.15) is 0 Å². The third-order valence-corrected chi connectivity index (χ3v) is 1.94. The fraction of sp³-hybridized carbons (Fsp3) is 0.400. The Labute approximate surface area is 85.0 Å². The molecule has 0 aliphatic carbocycles. The zero-order chi connectivity index (χ0) is 11.5. The first kappa shape index (κ1) is 12.0. The Balaban J connectivity index is 2.84. The van der Waals surface area contributed by atoms with Crippen molar-refractivity contribution in [1.29, 1.82) is 0 Å². The SMILES string of the molecule is OCC(O)Cc1cccc(C(F)(F)F)c1. The van der Waals surface area contributed by atoms with Crippen molar-refractivity contribution in [2.75, 3.05) is 6.61 Å². The van der Waals surface area contributed by atoms with Crippen LogP contribution in [0.5, 0.6) is 0 Å². The minimum atomic E-state index is -4.37. The number of alkyl halides is 3. The monoisotopic (exact) mass is 220 g/mol. The van der Waals surface area contributed by atoms with Crippen LogP contribution in [-0.2, 0) is 12.6 Å². The molecule has 0 fully saturated rings. The summed E-state index contributed by atoms with van der Waals surface area (Å²) in [4.78, 5) is 0. The molecule has 0 saturated carbocycles. The number of aliphatic hydroxyl groups excluding tert-OH is 2. The molecule has 84 valence electrons. The van der Waals surface area contributed by atoms with Gasteiger partial charge in [-0.2, -0.15) is 13.2 Å². The molecular formula is C10H11F3O2. The quantitative estimate of drug-likeness (QED) is 0.812. The lowest BCUT2D eigenvalue weighted by atomic mass is 10.1. The average molecular weight is 220 g/mol. The Morgan fingerprint density at radius 2 is 1.93 bits per heavy atom.